The van der Waals surface area contributed by atoms with Crippen molar-refractivity contribution in [1.29, 1.82) is 0 Å². The molecule has 0 unspecified atom stereocenters. The summed E-state index contributed by atoms with van der Waals surface area (Å²) in [5, 5.41) is 12.8. The van der Waals surface area contributed by atoms with Crippen LogP contribution in [0.2, 0.25) is 0 Å². The molecule has 0 amide bonds. The van der Waals surface area contributed by atoms with Crippen LogP contribution in [0.1, 0.15) is 0 Å². The summed E-state index contributed by atoms with van der Waals surface area (Å²) < 4.78 is 2.40. The first-order valence-corrected chi connectivity index (χ1v) is 14.2. The normalized spacial score (nSPS) is 11.9. The first kappa shape index (κ1) is 22.4. The Morgan fingerprint density at radius 2 is 0.805 bits per heavy atom. The number of aromatic nitrogens is 1. The molecule has 0 saturated carbocycles. The molecule has 0 aliphatic heterocycles. The molecule has 190 valence electrons. The fourth-order valence-corrected chi connectivity index (χ4v) is 6.74. The first-order chi connectivity index (χ1) is 20.3. The van der Waals surface area contributed by atoms with Gasteiger partial charge in [-0.2, -0.15) is 0 Å². The van der Waals surface area contributed by atoms with Crippen LogP contribution in [0, 0.1) is 0 Å². The number of para-hydroxylation sites is 2. The Labute approximate surface area is 237 Å². The molecule has 0 aliphatic carbocycles. The van der Waals surface area contributed by atoms with Gasteiger partial charge < -0.3 is 4.57 Å². The maximum atomic E-state index is 2.40. The predicted octanol–water partition coefficient (Wildman–Crippen LogP) is 11.1. The molecule has 0 bridgehead atoms. The summed E-state index contributed by atoms with van der Waals surface area (Å²) in [4.78, 5) is 0. The smallest absolute Gasteiger partial charge is 0.0541 e. The Morgan fingerprint density at radius 3 is 1.51 bits per heavy atom. The van der Waals surface area contributed by atoms with Gasteiger partial charge in [0.2, 0.25) is 0 Å². The number of rotatable bonds is 2. The Morgan fingerprint density at radius 1 is 0.293 bits per heavy atom. The average molecular weight is 520 g/mol. The van der Waals surface area contributed by atoms with E-state index < -0.39 is 0 Å². The molecule has 9 rings (SSSR count). The van der Waals surface area contributed by atoms with Crippen LogP contribution in [0.25, 0.3) is 81.7 Å². The van der Waals surface area contributed by atoms with Crippen molar-refractivity contribution in [3.8, 4) is 16.8 Å². The minimum absolute atomic E-state index is 1.19. The van der Waals surface area contributed by atoms with E-state index in [-0.39, 0.29) is 0 Å². The summed E-state index contributed by atoms with van der Waals surface area (Å²) in [6.07, 6.45) is 0. The lowest BCUT2D eigenvalue weighted by Gasteiger charge is -2.13. The fourth-order valence-electron chi connectivity index (χ4n) is 6.74. The van der Waals surface area contributed by atoms with Crippen molar-refractivity contribution in [3.05, 3.63) is 152 Å². The Kier molecular flexibility index (Phi) is 4.67. The third-order valence-electron chi connectivity index (χ3n) is 8.74. The van der Waals surface area contributed by atoms with E-state index in [1.807, 2.05) is 0 Å². The highest BCUT2D eigenvalue weighted by Crippen LogP contribution is 2.37. The van der Waals surface area contributed by atoms with Crippen molar-refractivity contribution in [3.63, 3.8) is 0 Å². The summed E-state index contributed by atoms with van der Waals surface area (Å²) in [5.41, 5.74) is 6.15. The molecular weight excluding hydrogens is 494 g/mol. The molecule has 1 nitrogen and oxygen atoms in total. The monoisotopic (exact) mass is 519 g/mol. The molecular formula is C40H25N. The molecule has 0 radical (unpaired) electrons. The lowest BCUT2D eigenvalue weighted by Crippen LogP contribution is -1.94. The summed E-state index contributed by atoms with van der Waals surface area (Å²) in [7, 11) is 0. The van der Waals surface area contributed by atoms with E-state index in [4.69, 9.17) is 0 Å². The van der Waals surface area contributed by atoms with E-state index in [2.05, 4.69) is 156 Å². The van der Waals surface area contributed by atoms with Crippen LogP contribution in [-0.4, -0.2) is 4.57 Å². The van der Waals surface area contributed by atoms with Gasteiger partial charge in [0.05, 0.1) is 11.0 Å². The second-order valence-corrected chi connectivity index (χ2v) is 11.0. The molecule has 0 saturated heterocycles. The van der Waals surface area contributed by atoms with E-state index in [1.54, 1.807) is 0 Å². The zero-order valence-electron chi connectivity index (χ0n) is 22.4. The standard InChI is InChI=1S/C40H25N/c1-2-8-29-23-30(15-13-26(29)7-1)31-16-14-27-18-22-34-33(37(27)24-31)21-19-28-17-20-32(25-38(28)34)41-39-11-5-3-9-35(39)36-10-4-6-12-40(36)41/h1-25H. The molecule has 0 fully saturated rings. The van der Waals surface area contributed by atoms with Crippen molar-refractivity contribution in [2.24, 2.45) is 0 Å². The Bertz CT molecular complexity index is 2420. The van der Waals surface area contributed by atoms with Crippen LogP contribution in [-0.2, 0) is 0 Å². The lowest BCUT2D eigenvalue weighted by atomic mass is 9.94. The van der Waals surface area contributed by atoms with Crippen molar-refractivity contribution in [1.82, 2.24) is 4.57 Å². The van der Waals surface area contributed by atoms with Gasteiger partial charge in [-0.25, -0.2) is 0 Å². The summed E-state index contributed by atoms with van der Waals surface area (Å²) in [5.74, 6) is 0. The molecule has 0 aliphatic rings. The van der Waals surface area contributed by atoms with Gasteiger partial charge in [0.15, 0.2) is 0 Å². The molecule has 1 aromatic heterocycles. The van der Waals surface area contributed by atoms with Crippen molar-refractivity contribution >= 4 is 64.9 Å². The minimum Gasteiger partial charge on any atom is -0.309 e. The van der Waals surface area contributed by atoms with Crippen LogP contribution in [0.5, 0.6) is 0 Å². The number of hydrogen-bond acceptors (Lipinski definition) is 0. The number of nitrogens with zero attached hydrogens (tertiary/aromatic N) is 1. The van der Waals surface area contributed by atoms with Crippen molar-refractivity contribution < 1.29 is 0 Å². The molecule has 9 aromatic rings. The SMILES string of the molecule is c1ccc2cc(-c3ccc4ccc5c6cc(-n7c8ccccc8c8ccccc87)ccc6ccc5c4c3)ccc2c1. The van der Waals surface area contributed by atoms with Crippen molar-refractivity contribution in [2.75, 3.05) is 0 Å². The maximum Gasteiger partial charge on any atom is 0.0541 e. The highest BCUT2D eigenvalue weighted by atomic mass is 15.0. The predicted molar refractivity (Wildman–Crippen MR) is 176 cm³/mol. The van der Waals surface area contributed by atoms with E-state index in [0.29, 0.717) is 0 Å². The van der Waals surface area contributed by atoms with E-state index >= 15 is 0 Å². The molecule has 1 heteroatoms. The minimum atomic E-state index is 1.19. The number of benzene rings is 8. The van der Waals surface area contributed by atoms with Gasteiger partial charge in [-0.1, -0.05) is 115 Å². The topological polar surface area (TPSA) is 4.93 Å². The molecule has 0 N–H and O–H groups in total. The van der Waals surface area contributed by atoms with Crippen LogP contribution in [0.3, 0.4) is 0 Å². The van der Waals surface area contributed by atoms with Gasteiger partial charge in [-0.15, -0.1) is 0 Å². The van der Waals surface area contributed by atoms with Crippen molar-refractivity contribution in [2.45, 2.75) is 0 Å². The molecule has 1 heterocycles. The summed E-state index contributed by atoms with van der Waals surface area (Å²) in [6, 6.07) is 55.7. The first-order valence-electron chi connectivity index (χ1n) is 14.2. The quantitative estimate of drug-likeness (QED) is 0.200. The Balaban J connectivity index is 1.28. The zero-order valence-corrected chi connectivity index (χ0v) is 22.4. The third kappa shape index (κ3) is 3.36. The number of fused-ring (bicyclic) bond motifs is 9. The highest BCUT2D eigenvalue weighted by Gasteiger charge is 2.13. The van der Waals surface area contributed by atoms with Gasteiger partial charge in [0.25, 0.3) is 0 Å². The number of hydrogen-bond donors (Lipinski definition) is 0. The molecule has 8 aromatic carbocycles. The Hall–Kier alpha value is -5.40. The second-order valence-electron chi connectivity index (χ2n) is 11.0. The third-order valence-corrected chi connectivity index (χ3v) is 8.74. The second kappa shape index (κ2) is 8.55. The van der Waals surface area contributed by atoms with Crippen LogP contribution < -0.4 is 0 Å². The van der Waals surface area contributed by atoms with Gasteiger partial charge in [0.1, 0.15) is 0 Å². The van der Waals surface area contributed by atoms with E-state index in [1.165, 1.54) is 81.7 Å². The summed E-state index contributed by atoms with van der Waals surface area (Å²) in [6.45, 7) is 0. The van der Waals surface area contributed by atoms with E-state index in [9.17, 15) is 0 Å². The van der Waals surface area contributed by atoms with Crippen LogP contribution >= 0.6 is 0 Å². The maximum absolute atomic E-state index is 2.40. The van der Waals surface area contributed by atoms with Gasteiger partial charge >= 0.3 is 0 Å². The summed E-state index contributed by atoms with van der Waals surface area (Å²) >= 11 is 0. The highest BCUT2D eigenvalue weighted by molar-refractivity contribution is 6.18. The molecule has 0 atom stereocenters. The molecule has 41 heavy (non-hydrogen) atoms. The largest absolute Gasteiger partial charge is 0.309 e. The molecule has 0 spiro atoms. The van der Waals surface area contributed by atoms with Gasteiger partial charge in [-0.3, -0.25) is 0 Å². The van der Waals surface area contributed by atoms with Gasteiger partial charge in [0, 0.05) is 16.5 Å². The van der Waals surface area contributed by atoms with Gasteiger partial charge in [-0.05, 0) is 90.6 Å². The van der Waals surface area contributed by atoms with Crippen LogP contribution in [0.15, 0.2) is 152 Å². The average Bonchev–Trinajstić information content (AvgIpc) is 3.38. The lowest BCUT2D eigenvalue weighted by molar-refractivity contribution is 1.19. The van der Waals surface area contributed by atoms with E-state index in [0.717, 1.165) is 0 Å². The fraction of sp³-hybridized carbons (Fsp3) is 0. The zero-order chi connectivity index (χ0) is 26.9. The van der Waals surface area contributed by atoms with Crippen LogP contribution in [0.4, 0.5) is 0 Å².